The molecule has 1 amide bonds. The van der Waals surface area contributed by atoms with E-state index in [2.05, 4.69) is 32.9 Å². The van der Waals surface area contributed by atoms with Crippen LogP contribution >= 0.6 is 0 Å². The number of hydrogen-bond donors (Lipinski definition) is 0. The molecule has 0 heterocycles. The van der Waals surface area contributed by atoms with Crippen molar-refractivity contribution in [1.29, 1.82) is 0 Å². The van der Waals surface area contributed by atoms with Crippen LogP contribution in [0.5, 0.6) is 0 Å². The van der Waals surface area contributed by atoms with Gasteiger partial charge in [0.2, 0.25) is 0 Å². The van der Waals surface area contributed by atoms with Crippen LogP contribution in [0.1, 0.15) is 56.0 Å². The molecule has 0 N–H and O–H groups in total. The number of carbonyl (C=O) groups is 1. The minimum atomic E-state index is 0.151. The molecule has 0 unspecified atom stereocenters. The third-order valence-corrected chi connectivity index (χ3v) is 4.21. The van der Waals surface area contributed by atoms with Gasteiger partial charge >= 0.3 is 0 Å². The Morgan fingerprint density at radius 3 is 2.28 bits per heavy atom. The normalized spacial score (nSPS) is 15.6. The fraction of sp³-hybridized carbons (Fsp3) is 0.562. The first-order chi connectivity index (χ1) is 8.45. The van der Waals surface area contributed by atoms with Crippen LogP contribution in [0.2, 0.25) is 0 Å². The van der Waals surface area contributed by atoms with Gasteiger partial charge in [0.05, 0.1) is 0 Å². The van der Waals surface area contributed by atoms with Gasteiger partial charge in [-0.3, -0.25) is 4.79 Å². The zero-order valence-corrected chi connectivity index (χ0v) is 11.9. The topological polar surface area (TPSA) is 20.3 Å². The van der Waals surface area contributed by atoms with E-state index in [1.165, 1.54) is 5.56 Å². The minimum absolute atomic E-state index is 0.151. The summed E-state index contributed by atoms with van der Waals surface area (Å²) in [7, 11) is 1.91. The van der Waals surface area contributed by atoms with E-state index in [1.54, 1.807) is 0 Å². The van der Waals surface area contributed by atoms with Gasteiger partial charge in [-0.05, 0) is 42.4 Å². The molecule has 0 spiro atoms. The average molecular weight is 245 g/mol. The molecule has 18 heavy (non-hydrogen) atoms. The second-order valence-electron chi connectivity index (χ2n) is 5.96. The summed E-state index contributed by atoms with van der Waals surface area (Å²) in [5, 5.41) is 0. The maximum Gasteiger partial charge on any atom is 0.253 e. The molecule has 98 valence electrons. The first-order valence-electron chi connectivity index (χ1n) is 6.83. The fourth-order valence-electron chi connectivity index (χ4n) is 2.10. The zero-order valence-electron chi connectivity index (χ0n) is 11.9. The number of benzene rings is 1. The maximum absolute atomic E-state index is 12.2. The SMILES string of the molecule is CCC(C)(C)c1ccc(C(=O)N(C)C2CC2)cc1. The van der Waals surface area contributed by atoms with E-state index in [0.717, 1.165) is 24.8 Å². The van der Waals surface area contributed by atoms with E-state index in [-0.39, 0.29) is 11.3 Å². The highest BCUT2D eigenvalue weighted by molar-refractivity contribution is 5.94. The molecule has 0 saturated heterocycles. The highest BCUT2D eigenvalue weighted by Gasteiger charge is 2.30. The van der Waals surface area contributed by atoms with Crippen molar-refractivity contribution in [2.24, 2.45) is 0 Å². The van der Waals surface area contributed by atoms with Crippen LogP contribution in [0.4, 0.5) is 0 Å². The summed E-state index contributed by atoms with van der Waals surface area (Å²) in [6.45, 7) is 6.67. The molecule has 1 saturated carbocycles. The van der Waals surface area contributed by atoms with Crippen LogP contribution in [0.25, 0.3) is 0 Å². The molecule has 0 radical (unpaired) electrons. The summed E-state index contributed by atoms with van der Waals surface area (Å²) in [5.74, 6) is 0.151. The lowest BCUT2D eigenvalue weighted by atomic mass is 9.82. The van der Waals surface area contributed by atoms with Crippen LogP contribution in [-0.4, -0.2) is 23.9 Å². The molecule has 2 heteroatoms. The summed E-state index contributed by atoms with van der Waals surface area (Å²) < 4.78 is 0. The lowest BCUT2D eigenvalue weighted by Crippen LogP contribution is -2.28. The van der Waals surface area contributed by atoms with Gasteiger partial charge in [0.25, 0.3) is 5.91 Å². The second-order valence-corrected chi connectivity index (χ2v) is 5.96. The van der Waals surface area contributed by atoms with E-state index in [4.69, 9.17) is 0 Å². The second kappa shape index (κ2) is 4.75. The molecular weight excluding hydrogens is 222 g/mol. The van der Waals surface area contributed by atoms with Crippen molar-refractivity contribution < 1.29 is 4.79 Å². The van der Waals surface area contributed by atoms with Crippen molar-refractivity contribution in [2.45, 2.75) is 51.5 Å². The van der Waals surface area contributed by atoms with Crippen molar-refractivity contribution in [3.63, 3.8) is 0 Å². The highest BCUT2D eigenvalue weighted by atomic mass is 16.2. The Bertz CT molecular complexity index is 429. The minimum Gasteiger partial charge on any atom is -0.339 e. The van der Waals surface area contributed by atoms with Gasteiger partial charge < -0.3 is 4.90 Å². The predicted octanol–water partition coefficient (Wildman–Crippen LogP) is 3.61. The van der Waals surface area contributed by atoms with E-state index in [1.807, 2.05) is 24.1 Å². The van der Waals surface area contributed by atoms with Crippen LogP contribution < -0.4 is 0 Å². The average Bonchev–Trinajstić information content (AvgIpc) is 3.21. The van der Waals surface area contributed by atoms with Gasteiger partial charge in [0.1, 0.15) is 0 Å². The molecule has 1 aliphatic carbocycles. The lowest BCUT2D eigenvalue weighted by Gasteiger charge is -2.24. The summed E-state index contributed by atoms with van der Waals surface area (Å²) in [6.07, 6.45) is 3.41. The number of rotatable bonds is 4. The molecule has 1 aromatic carbocycles. The molecule has 1 aromatic rings. The first kappa shape index (κ1) is 13.1. The van der Waals surface area contributed by atoms with Crippen LogP contribution in [0, 0.1) is 0 Å². The van der Waals surface area contributed by atoms with E-state index in [9.17, 15) is 4.79 Å². The van der Waals surface area contributed by atoms with Crippen LogP contribution in [0.3, 0.4) is 0 Å². The van der Waals surface area contributed by atoms with E-state index in [0.29, 0.717) is 6.04 Å². The van der Waals surface area contributed by atoms with Crippen molar-refractivity contribution in [1.82, 2.24) is 4.90 Å². The number of hydrogen-bond acceptors (Lipinski definition) is 1. The third kappa shape index (κ3) is 2.58. The van der Waals surface area contributed by atoms with Crippen molar-refractivity contribution in [3.05, 3.63) is 35.4 Å². The number of carbonyl (C=O) groups excluding carboxylic acids is 1. The Hall–Kier alpha value is -1.31. The molecule has 2 rings (SSSR count). The Morgan fingerprint density at radius 1 is 1.28 bits per heavy atom. The third-order valence-electron chi connectivity index (χ3n) is 4.21. The van der Waals surface area contributed by atoms with Crippen LogP contribution in [0.15, 0.2) is 24.3 Å². The molecule has 1 aliphatic rings. The Labute approximate surface area is 110 Å². The van der Waals surface area contributed by atoms with Gasteiger partial charge in [0, 0.05) is 18.7 Å². The first-order valence-corrected chi connectivity index (χ1v) is 6.83. The highest BCUT2D eigenvalue weighted by Crippen LogP contribution is 2.29. The molecule has 0 atom stereocenters. The predicted molar refractivity (Wildman–Crippen MR) is 74.9 cm³/mol. The molecule has 2 nitrogen and oxygen atoms in total. The van der Waals surface area contributed by atoms with E-state index >= 15 is 0 Å². The summed E-state index contributed by atoms with van der Waals surface area (Å²) in [4.78, 5) is 14.1. The van der Waals surface area contributed by atoms with Gasteiger partial charge in [-0.2, -0.15) is 0 Å². The zero-order chi connectivity index (χ0) is 13.3. The Kier molecular flexibility index (Phi) is 3.47. The van der Waals surface area contributed by atoms with Gasteiger partial charge in [0.15, 0.2) is 0 Å². The molecule has 0 bridgehead atoms. The molecule has 0 aromatic heterocycles. The Morgan fingerprint density at radius 2 is 1.83 bits per heavy atom. The van der Waals surface area contributed by atoms with Gasteiger partial charge in [-0.15, -0.1) is 0 Å². The van der Waals surface area contributed by atoms with Gasteiger partial charge in [-0.25, -0.2) is 0 Å². The quantitative estimate of drug-likeness (QED) is 0.793. The Balaban J connectivity index is 2.14. The molecule has 1 fully saturated rings. The largest absolute Gasteiger partial charge is 0.339 e. The van der Waals surface area contributed by atoms with Crippen molar-refractivity contribution >= 4 is 5.91 Å². The number of nitrogens with zero attached hydrogens (tertiary/aromatic N) is 1. The van der Waals surface area contributed by atoms with Crippen LogP contribution in [-0.2, 0) is 5.41 Å². The monoisotopic (exact) mass is 245 g/mol. The number of amides is 1. The fourth-order valence-corrected chi connectivity index (χ4v) is 2.10. The standard InChI is InChI=1S/C16H23NO/c1-5-16(2,3)13-8-6-12(7-9-13)15(18)17(4)14-10-11-14/h6-9,14H,5,10-11H2,1-4H3. The van der Waals surface area contributed by atoms with Gasteiger partial charge in [-0.1, -0.05) is 32.9 Å². The summed E-state index contributed by atoms with van der Waals surface area (Å²) in [5.41, 5.74) is 2.29. The maximum atomic E-state index is 12.2. The molecule has 0 aliphatic heterocycles. The van der Waals surface area contributed by atoms with Crippen molar-refractivity contribution in [3.8, 4) is 0 Å². The summed E-state index contributed by atoms with van der Waals surface area (Å²) in [6, 6.07) is 8.60. The lowest BCUT2D eigenvalue weighted by molar-refractivity contribution is 0.0785. The van der Waals surface area contributed by atoms with E-state index < -0.39 is 0 Å². The molecular formula is C16H23NO. The smallest absolute Gasteiger partial charge is 0.253 e. The summed E-state index contributed by atoms with van der Waals surface area (Å²) >= 11 is 0. The van der Waals surface area contributed by atoms with Crippen molar-refractivity contribution in [2.75, 3.05) is 7.05 Å².